The van der Waals surface area contributed by atoms with Crippen molar-refractivity contribution in [2.45, 2.75) is 31.9 Å². The molecule has 0 fully saturated rings. The maximum atomic E-state index is 12.3. The highest BCUT2D eigenvalue weighted by Crippen LogP contribution is 2.31. The average molecular weight is 283 g/mol. The molecular weight excluding hydrogens is 266 g/mol. The first-order valence-electron chi connectivity index (χ1n) is 6.22. The largest absolute Gasteiger partial charge is 0.478 e. The molecule has 6 heteroatoms. The molecule has 0 saturated carbocycles. The van der Waals surface area contributed by atoms with E-state index in [1.807, 2.05) is 0 Å². The van der Waals surface area contributed by atoms with Crippen molar-refractivity contribution in [2.24, 2.45) is 0 Å². The molecule has 1 aliphatic heterocycles. The molecule has 0 aliphatic carbocycles. The number of anilines is 1. The molecule has 1 aromatic carbocycles. The van der Waals surface area contributed by atoms with Crippen LogP contribution in [0.2, 0.25) is 0 Å². The molecule has 1 aliphatic rings. The fourth-order valence-electron chi connectivity index (χ4n) is 2.21. The van der Waals surface area contributed by atoms with Crippen LogP contribution in [-0.2, 0) is 16.4 Å². The molecular formula is C13H17NO4S. The Morgan fingerprint density at radius 2 is 2.05 bits per heavy atom. The van der Waals surface area contributed by atoms with Crippen molar-refractivity contribution < 1.29 is 18.3 Å². The van der Waals surface area contributed by atoms with Gasteiger partial charge in [-0.3, -0.25) is 4.31 Å². The van der Waals surface area contributed by atoms with E-state index in [2.05, 4.69) is 0 Å². The summed E-state index contributed by atoms with van der Waals surface area (Å²) in [6.07, 6.45) is 1.42. The van der Waals surface area contributed by atoms with Crippen LogP contribution in [0.5, 0.6) is 0 Å². The first-order valence-corrected chi connectivity index (χ1v) is 7.72. The molecule has 0 radical (unpaired) electrons. The van der Waals surface area contributed by atoms with Crippen LogP contribution in [-0.4, -0.2) is 31.3 Å². The Labute approximate surface area is 112 Å². The van der Waals surface area contributed by atoms with Crippen LogP contribution in [0.25, 0.3) is 0 Å². The van der Waals surface area contributed by atoms with Crippen LogP contribution in [0.3, 0.4) is 0 Å². The highest BCUT2D eigenvalue weighted by atomic mass is 32.2. The molecule has 2 rings (SSSR count). The van der Waals surface area contributed by atoms with Crippen LogP contribution in [0.15, 0.2) is 18.2 Å². The lowest BCUT2D eigenvalue weighted by Gasteiger charge is -2.32. The fourth-order valence-corrected chi connectivity index (χ4v) is 3.56. The van der Waals surface area contributed by atoms with E-state index in [0.29, 0.717) is 25.1 Å². The Kier molecular flexibility index (Phi) is 3.54. The highest BCUT2D eigenvalue weighted by Gasteiger charge is 2.30. The second-order valence-corrected chi connectivity index (χ2v) is 7.33. The quantitative estimate of drug-likeness (QED) is 0.919. The van der Waals surface area contributed by atoms with Gasteiger partial charge in [-0.15, -0.1) is 0 Å². The third-order valence-corrected chi connectivity index (χ3v) is 5.49. The van der Waals surface area contributed by atoms with Gasteiger partial charge in [-0.1, -0.05) is 0 Å². The van der Waals surface area contributed by atoms with Gasteiger partial charge in [-0.25, -0.2) is 13.2 Å². The number of aryl methyl sites for hydroxylation is 1. The van der Waals surface area contributed by atoms with Gasteiger partial charge in [-0.2, -0.15) is 0 Å². The first kappa shape index (κ1) is 13.9. The van der Waals surface area contributed by atoms with E-state index < -0.39 is 21.2 Å². The van der Waals surface area contributed by atoms with Gasteiger partial charge in [0, 0.05) is 6.54 Å². The third-order valence-electron chi connectivity index (χ3n) is 3.31. The monoisotopic (exact) mass is 283 g/mol. The third kappa shape index (κ3) is 2.45. The second-order valence-electron chi connectivity index (χ2n) is 4.92. The average Bonchev–Trinajstić information content (AvgIpc) is 2.36. The molecule has 1 aromatic rings. The van der Waals surface area contributed by atoms with Gasteiger partial charge < -0.3 is 5.11 Å². The number of aromatic carboxylic acids is 1. The minimum absolute atomic E-state index is 0.197. The number of fused-ring (bicyclic) bond motifs is 1. The molecule has 0 atom stereocenters. The Balaban J connectivity index is 2.49. The van der Waals surface area contributed by atoms with E-state index in [-0.39, 0.29) is 5.56 Å². The molecule has 0 saturated heterocycles. The van der Waals surface area contributed by atoms with E-state index >= 15 is 0 Å². The minimum Gasteiger partial charge on any atom is -0.478 e. The summed E-state index contributed by atoms with van der Waals surface area (Å²) < 4.78 is 26.0. The zero-order valence-electron chi connectivity index (χ0n) is 11.0. The van der Waals surface area contributed by atoms with Gasteiger partial charge in [0.1, 0.15) is 0 Å². The van der Waals surface area contributed by atoms with Gasteiger partial charge in [0.2, 0.25) is 10.0 Å². The smallest absolute Gasteiger partial charge is 0.335 e. The number of sulfonamides is 1. The van der Waals surface area contributed by atoms with Gasteiger partial charge in [0.25, 0.3) is 0 Å². The molecule has 104 valence electrons. The van der Waals surface area contributed by atoms with Gasteiger partial charge in [0.05, 0.1) is 16.5 Å². The van der Waals surface area contributed by atoms with E-state index in [0.717, 1.165) is 5.56 Å². The number of hydrogen-bond donors (Lipinski definition) is 1. The van der Waals surface area contributed by atoms with Crippen molar-refractivity contribution in [1.82, 2.24) is 0 Å². The van der Waals surface area contributed by atoms with Gasteiger partial charge in [-0.05, 0) is 50.5 Å². The van der Waals surface area contributed by atoms with Crippen LogP contribution in [0.1, 0.15) is 36.2 Å². The minimum atomic E-state index is -3.36. The number of hydrogen-bond acceptors (Lipinski definition) is 3. The predicted molar refractivity (Wildman–Crippen MR) is 73.1 cm³/mol. The van der Waals surface area contributed by atoms with Crippen molar-refractivity contribution in [3.63, 3.8) is 0 Å². The van der Waals surface area contributed by atoms with E-state index in [1.165, 1.54) is 10.4 Å². The van der Waals surface area contributed by atoms with Crippen LogP contribution < -0.4 is 4.31 Å². The van der Waals surface area contributed by atoms with Crippen LogP contribution >= 0.6 is 0 Å². The summed E-state index contributed by atoms with van der Waals surface area (Å²) in [5.74, 6) is -0.994. The topological polar surface area (TPSA) is 74.7 Å². The Hall–Kier alpha value is -1.56. The van der Waals surface area contributed by atoms with E-state index in [1.54, 1.807) is 26.0 Å². The highest BCUT2D eigenvalue weighted by molar-refractivity contribution is 7.93. The maximum Gasteiger partial charge on any atom is 0.335 e. The normalized spacial score (nSPS) is 15.4. The number of benzene rings is 1. The summed E-state index contributed by atoms with van der Waals surface area (Å²) in [7, 11) is -3.36. The molecule has 0 aromatic heterocycles. The number of rotatable bonds is 3. The lowest BCUT2D eigenvalue weighted by molar-refractivity contribution is 0.0697. The van der Waals surface area contributed by atoms with Crippen molar-refractivity contribution in [1.29, 1.82) is 0 Å². The fraction of sp³-hybridized carbons (Fsp3) is 0.462. The van der Waals surface area contributed by atoms with Gasteiger partial charge in [0.15, 0.2) is 0 Å². The molecule has 5 nitrogen and oxygen atoms in total. The maximum absolute atomic E-state index is 12.3. The number of carboxylic acid groups (broad SMARTS) is 1. The summed E-state index contributed by atoms with van der Waals surface area (Å²) in [4.78, 5) is 10.9. The van der Waals surface area contributed by atoms with Crippen molar-refractivity contribution >= 4 is 21.7 Å². The molecule has 1 N–H and O–H groups in total. The summed E-state index contributed by atoms with van der Waals surface area (Å²) in [5.41, 5.74) is 1.60. The summed E-state index contributed by atoms with van der Waals surface area (Å²) in [5, 5.41) is 8.48. The van der Waals surface area contributed by atoms with E-state index in [9.17, 15) is 13.2 Å². The van der Waals surface area contributed by atoms with Crippen LogP contribution in [0, 0.1) is 0 Å². The van der Waals surface area contributed by atoms with Crippen molar-refractivity contribution in [3.8, 4) is 0 Å². The molecule has 0 bridgehead atoms. The Morgan fingerprint density at radius 1 is 1.37 bits per heavy atom. The van der Waals surface area contributed by atoms with Crippen LogP contribution in [0.4, 0.5) is 5.69 Å². The predicted octanol–water partition coefficient (Wildman–Crippen LogP) is 1.88. The first-order chi connectivity index (χ1) is 8.84. The molecule has 0 amide bonds. The standard InChI is InChI=1S/C13H17NO4S/c1-9(2)19(17,18)14-7-3-4-10-8-11(13(15)16)5-6-12(10)14/h5-6,8-9H,3-4,7H2,1-2H3,(H,15,16). The number of carboxylic acids is 1. The van der Waals surface area contributed by atoms with Gasteiger partial charge >= 0.3 is 5.97 Å². The molecule has 0 unspecified atom stereocenters. The van der Waals surface area contributed by atoms with Crippen molar-refractivity contribution in [2.75, 3.05) is 10.8 Å². The lowest BCUT2D eigenvalue weighted by Crippen LogP contribution is -2.39. The summed E-state index contributed by atoms with van der Waals surface area (Å²) >= 11 is 0. The lowest BCUT2D eigenvalue weighted by atomic mass is 10.0. The molecule has 0 spiro atoms. The summed E-state index contributed by atoms with van der Waals surface area (Å²) in [6, 6.07) is 4.62. The second kappa shape index (κ2) is 4.85. The summed E-state index contributed by atoms with van der Waals surface area (Å²) in [6.45, 7) is 3.75. The van der Waals surface area contributed by atoms with E-state index in [4.69, 9.17) is 5.11 Å². The number of nitrogens with zero attached hydrogens (tertiary/aromatic N) is 1. The zero-order chi connectivity index (χ0) is 14.2. The Morgan fingerprint density at radius 3 is 2.63 bits per heavy atom. The zero-order valence-corrected chi connectivity index (χ0v) is 11.8. The molecule has 19 heavy (non-hydrogen) atoms. The van der Waals surface area contributed by atoms with Crippen molar-refractivity contribution in [3.05, 3.63) is 29.3 Å². The SMILES string of the molecule is CC(C)S(=O)(=O)N1CCCc2cc(C(=O)O)ccc21. The number of carbonyl (C=O) groups is 1. The molecule has 1 heterocycles. The Bertz CT molecular complexity index is 607.